The molecule has 0 saturated heterocycles. The molecule has 0 saturated carbocycles. The van der Waals surface area contributed by atoms with Crippen molar-refractivity contribution in [3.8, 4) is 0 Å². The number of halogens is 6. The number of hydrogen-bond acceptors (Lipinski definition) is 6. The number of anilines is 2. The molecule has 0 unspecified atom stereocenters. The van der Waals surface area contributed by atoms with E-state index in [9.17, 15) is 19.2 Å². The van der Waals surface area contributed by atoms with Gasteiger partial charge < -0.3 is 10.2 Å². The summed E-state index contributed by atoms with van der Waals surface area (Å²) in [6.45, 7) is -0.357. The van der Waals surface area contributed by atoms with Gasteiger partial charge in [-0.15, -0.1) is 0 Å². The predicted octanol–water partition coefficient (Wildman–Crippen LogP) is 5.77. The fourth-order valence-electron chi connectivity index (χ4n) is 6.28. The van der Waals surface area contributed by atoms with Crippen molar-refractivity contribution in [2.75, 3.05) is 23.0 Å². The Morgan fingerprint density at radius 1 is 0.469 bits per heavy atom. The quantitative estimate of drug-likeness (QED) is 0.180. The van der Waals surface area contributed by atoms with Crippen LogP contribution in [0.15, 0.2) is 84.9 Å². The maximum atomic E-state index is 15.1. The summed E-state index contributed by atoms with van der Waals surface area (Å²) in [7, 11) is 0. The van der Waals surface area contributed by atoms with Crippen LogP contribution in [0.25, 0.3) is 0 Å². The van der Waals surface area contributed by atoms with Gasteiger partial charge in [0.1, 0.15) is 0 Å². The summed E-state index contributed by atoms with van der Waals surface area (Å²) in [5.74, 6) is -4.22. The topological polar surface area (TPSA) is 115 Å². The number of amides is 4. The molecule has 0 spiro atoms. The molecule has 2 heterocycles. The molecule has 0 aliphatic carbocycles. The monoisotopic (exact) mass is 682 g/mol. The first kappa shape index (κ1) is 33.6. The molecule has 0 atom stereocenters. The van der Waals surface area contributed by atoms with E-state index in [0.717, 1.165) is 12.1 Å². The van der Waals surface area contributed by atoms with E-state index >= 15 is 26.3 Å². The molecule has 8 nitrogen and oxygen atoms in total. The molecule has 0 radical (unpaired) electrons. The van der Waals surface area contributed by atoms with Gasteiger partial charge in [-0.2, -0.15) is 26.3 Å². The molecular weight excluding hydrogens is 658 g/mol. The Morgan fingerprint density at radius 2 is 0.796 bits per heavy atom. The number of benzene rings is 4. The van der Waals surface area contributed by atoms with E-state index in [-0.39, 0.29) is 37.4 Å². The minimum absolute atomic E-state index is 0.0155. The van der Waals surface area contributed by atoms with Gasteiger partial charge in [-0.1, -0.05) is 36.4 Å². The molecular formula is C35H24F6N2O6. The summed E-state index contributed by atoms with van der Waals surface area (Å²) >= 11 is 0. The van der Waals surface area contributed by atoms with E-state index in [0.29, 0.717) is 45.2 Å². The second-order valence-corrected chi connectivity index (χ2v) is 11.4. The van der Waals surface area contributed by atoms with Crippen LogP contribution in [0.2, 0.25) is 0 Å². The van der Waals surface area contributed by atoms with Crippen molar-refractivity contribution in [3.63, 3.8) is 0 Å². The van der Waals surface area contributed by atoms with Crippen LogP contribution < -0.4 is 9.80 Å². The molecule has 2 aliphatic rings. The van der Waals surface area contributed by atoms with Crippen LogP contribution in [0, 0.1) is 0 Å². The Morgan fingerprint density at radius 3 is 1.10 bits per heavy atom. The number of alkyl halides is 6. The summed E-state index contributed by atoms with van der Waals surface area (Å²) in [6.07, 6.45) is -11.7. The lowest BCUT2D eigenvalue weighted by Crippen LogP contribution is -2.55. The molecule has 6 rings (SSSR count). The normalized spacial score (nSPS) is 14.9. The highest BCUT2D eigenvalue weighted by Crippen LogP contribution is 2.57. The number of hydrogen-bond donors (Lipinski definition) is 2. The second kappa shape index (κ2) is 12.0. The molecule has 0 bridgehead atoms. The summed E-state index contributed by atoms with van der Waals surface area (Å²) < 4.78 is 90.6. The first-order valence-corrected chi connectivity index (χ1v) is 14.8. The van der Waals surface area contributed by atoms with Crippen molar-refractivity contribution in [2.45, 2.75) is 30.6 Å². The lowest BCUT2D eigenvalue weighted by molar-refractivity contribution is -0.288. The van der Waals surface area contributed by atoms with Crippen LogP contribution in [-0.4, -0.2) is 59.4 Å². The third-order valence-electron chi connectivity index (χ3n) is 8.68. The molecule has 4 amide bonds. The van der Waals surface area contributed by atoms with Crippen LogP contribution in [0.3, 0.4) is 0 Å². The molecule has 252 valence electrons. The number of rotatable bonds is 8. The first-order chi connectivity index (χ1) is 23.1. The van der Waals surface area contributed by atoms with E-state index in [1.807, 2.05) is 0 Å². The van der Waals surface area contributed by atoms with Gasteiger partial charge >= 0.3 is 12.4 Å². The van der Waals surface area contributed by atoms with Crippen molar-refractivity contribution >= 4 is 35.0 Å². The highest BCUT2D eigenvalue weighted by molar-refractivity contribution is 6.35. The highest BCUT2D eigenvalue weighted by atomic mass is 19.4. The lowest BCUT2D eigenvalue weighted by Gasteiger charge is -2.38. The number of aliphatic hydroxyl groups is 2. The molecule has 49 heavy (non-hydrogen) atoms. The van der Waals surface area contributed by atoms with E-state index in [1.54, 1.807) is 0 Å². The van der Waals surface area contributed by atoms with Gasteiger partial charge in [0, 0.05) is 13.2 Å². The minimum Gasteiger partial charge on any atom is -0.396 e. The Bertz CT molecular complexity index is 1860. The third kappa shape index (κ3) is 5.18. The molecule has 14 heteroatoms. The molecule has 2 aliphatic heterocycles. The first-order valence-electron chi connectivity index (χ1n) is 14.8. The average Bonchev–Trinajstić information content (AvgIpc) is 3.44. The summed E-state index contributed by atoms with van der Waals surface area (Å²) in [5, 5.41) is 18.3. The highest BCUT2D eigenvalue weighted by Gasteiger charge is 2.73. The molecule has 0 aromatic heterocycles. The fraction of sp³-hybridized carbons (Fsp3) is 0.200. The number of nitrogens with zero attached hydrogens (tertiary/aromatic N) is 2. The van der Waals surface area contributed by atoms with Crippen molar-refractivity contribution in [1.82, 2.24) is 0 Å². The van der Waals surface area contributed by atoms with Crippen molar-refractivity contribution in [2.24, 2.45) is 0 Å². The zero-order valence-electron chi connectivity index (χ0n) is 25.1. The number of carbonyl (C=O) groups excluding carboxylic acids is 4. The summed E-state index contributed by atoms with van der Waals surface area (Å²) in [6, 6.07) is 14.6. The number of fused-ring (bicyclic) bond motifs is 2. The zero-order chi connectivity index (χ0) is 35.5. The van der Waals surface area contributed by atoms with Gasteiger partial charge in [-0.25, -0.2) is 9.80 Å². The SMILES string of the molecule is O=C1c2ccc(C(c3ccc4c(c3)C(=O)N(c3ccc(CCO)cc3)C4=O)(C(F)(F)F)C(F)(F)F)cc2C(=O)N1c1ccc(CCO)cc1. The van der Waals surface area contributed by atoms with Crippen LogP contribution in [0.1, 0.15) is 63.7 Å². The average molecular weight is 683 g/mol. The predicted molar refractivity (Wildman–Crippen MR) is 163 cm³/mol. The van der Waals surface area contributed by atoms with Crippen molar-refractivity contribution < 1.29 is 55.7 Å². The molecule has 4 aromatic rings. The number of imide groups is 2. The number of carbonyl (C=O) groups is 4. The van der Waals surface area contributed by atoms with Crippen LogP contribution in [0.5, 0.6) is 0 Å². The largest absolute Gasteiger partial charge is 0.411 e. The Labute approximate surface area is 273 Å². The Kier molecular flexibility index (Phi) is 8.19. The second-order valence-electron chi connectivity index (χ2n) is 11.4. The molecule has 4 aromatic carbocycles. The summed E-state index contributed by atoms with van der Waals surface area (Å²) in [5.41, 5.74) is -8.53. The zero-order valence-corrected chi connectivity index (χ0v) is 25.1. The van der Waals surface area contributed by atoms with E-state index in [1.165, 1.54) is 48.5 Å². The van der Waals surface area contributed by atoms with Crippen LogP contribution >= 0.6 is 0 Å². The summed E-state index contributed by atoms with van der Waals surface area (Å²) in [4.78, 5) is 54.4. The number of aliphatic hydroxyl groups excluding tert-OH is 2. The smallest absolute Gasteiger partial charge is 0.396 e. The Hall–Kier alpha value is -5.34. The van der Waals surface area contributed by atoms with E-state index in [2.05, 4.69) is 0 Å². The fourth-order valence-corrected chi connectivity index (χ4v) is 6.28. The van der Waals surface area contributed by atoms with Crippen LogP contribution in [-0.2, 0) is 18.3 Å². The maximum absolute atomic E-state index is 15.1. The van der Waals surface area contributed by atoms with Gasteiger partial charge in [0.15, 0.2) is 0 Å². The van der Waals surface area contributed by atoms with Crippen molar-refractivity contribution in [3.05, 3.63) is 129 Å². The van der Waals surface area contributed by atoms with E-state index in [4.69, 9.17) is 10.2 Å². The van der Waals surface area contributed by atoms with Gasteiger partial charge in [0.25, 0.3) is 23.6 Å². The van der Waals surface area contributed by atoms with E-state index < -0.39 is 74.8 Å². The Balaban J connectivity index is 1.45. The standard InChI is InChI=1S/C35H24F6N2O6/c36-34(37,38)33(35(39,40)41,21-5-11-25-27(17-21)31(48)42(29(25)46)23-7-1-19(2-8-23)13-15-44)22-6-12-26-28(18-22)32(49)43(30(26)47)24-9-3-20(4-10-24)14-16-45/h1-12,17-18,44-45H,13-16H2. The van der Waals surface area contributed by atoms with Crippen molar-refractivity contribution in [1.29, 1.82) is 0 Å². The molecule has 2 N–H and O–H groups in total. The third-order valence-corrected chi connectivity index (χ3v) is 8.68. The van der Waals surface area contributed by atoms with Gasteiger partial charge in [0.05, 0.1) is 33.6 Å². The van der Waals surface area contributed by atoms with Gasteiger partial charge in [-0.05, 0) is 83.6 Å². The minimum atomic E-state index is -6.10. The molecule has 0 fully saturated rings. The van der Waals surface area contributed by atoms with Gasteiger partial charge in [-0.3, -0.25) is 19.2 Å². The van der Waals surface area contributed by atoms with Crippen LogP contribution in [0.4, 0.5) is 37.7 Å². The maximum Gasteiger partial charge on any atom is 0.411 e. The van der Waals surface area contributed by atoms with Gasteiger partial charge in [0.2, 0.25) is 5.41 Å². The lowest BCUT2D eigenvalue weighted by atomic mass is 9.71.